The summed E-state index contributed by atoms with van der Waals surface area (Å²) in [5.74, 6) is 2.06. The minimum absolute atomic E-state index is 0.0230. The molecule has 0 saturated carbocycles. The average molecular weight is 335 g/mol. The molecule has 1 rings (SSSR count). The zero-order valence-corrected chi connectivity index (χ0v) is 16.1. The highest BCUT2D eigenvalue weighted by Gasteiger charge is 2.16. The Morgan fingerprint density at radius 2 is 1.75 bits per heavy atom. The number of ether oxygens (including phenoxy) is 2. The van der Waals surface area contributed by atoms with Gasteiger partial charge >= 0.3 is 0 Å². The van der Waals surface area contributed by atoms with E-state index in [1.54, 1.807) is 18.1 Å². The van der Waals surface area contributed by atoms with Crippen LogP contribution in [-0.2, 0) is 0 Å². The van der Waals surface area contributed by atoms with E-state index in [1.165, 1.54) is 6.42 Å². The molecule has 4 nitrogen and oxygen atoms in total. The molecule has 1 unspecified atom stereocenters. The van der Waals surface area contributed by atoms with Crippen LogP contribution in [0.3, 0.4) is 0 Å². The minimum Gasteiger partial charge on any atom is -0.493 e. The molecule has 136 valence electrons. The van der Waals surface area contributed by atoms with Gasteiger partial charge in [0.05, 0.1) is 13.2 Å². The number of methoxy groups -OCH3 is 1. The van der Waals surface area contributed by atoms with E-state index in [0.717, 1.165) is 18.8 Å². The van der Waals surface area contributed by atoms with Gasteiger partial charge in [0.15, 0.2) is 11.5 Å². The van der Waals surface area contributed by atoms with Crippen molar-refractivity contribution in [1.29, 1.82) is 0 Å². The summed E-state index contributed by atoms with van der Waals surface area (Å²) in [6.45, 7) is 11.9. The molecule has 0 radical (unpaired) electrons. The van der Waals surface area contributed by atoms with Crippen molar-refractivity contribution in [2.45, 2.75) is 60.0 Å². The van der Waals surface area contributed by atoms with E-state index in [4.69, 9.17) is 9.47 Å². The number of hydrogen-bond donors (Lipinski definition) is 0. The molecule has 0 N–H and O–H groups in total. The Morgan fingerprint density at radius 3 is 2.29 bits per heavy atom. The van der Waals surface area contributed by atoms with Gasteiger partial charge in [-0.2, -0.15) is 0 Å². The molecule has 0 fully saturated rings. The minimum atomic E-state index is 0.0230. The molecule has 4 heteroatoms. The van der Waals surface area contributed by atoms with Crippen molar-refractivity contribution in [3.63, 3.8) is 0 Å². The van der Waals surface area contributed by atoms with Gasteiger partial charge < -0.3 is 14.4 Å². The summed E-state index contributed by atoms with van der Waals surface area (Å²) in [6, 6.07) is 5.44. The van der Waals surface area contributed by atoms with Gasteiger partial charge in [-0.05, 0) is 57.7 Å². The fraction of sp³-hybridized carbons (Fsp3) is 0.650. The third-order valence-electron chi connectivity index (χ3n) is 4.18. The van der Waals surface area contributed by atoms with Gasteiger partial charge in [-0.25, -0.2) is 0 Å². The Kier molecular flexibility index (Phi) is 8.66. The van der Waals surface area contributed by atoms with Gasteiger partial charge in [0.25, 0.3) is 5.91 Å². The molecule has 0 aromatic heterocycles. The number of benzene rings is 1. The fourth-order valence-electron chi connectivity index (χ4n) is 2.68. The molecule has 1 aromatic rings. The lowest BCUT2D eigenvalue weighted by molar-refractivity contribution is 0.0772. The summed E-state index contributed by atoms with van der Waals surface area (Å²) in [7, 11) is 1.61. The normalized spacial score (nSPS) is 12.1. The predicted molar refractivity (Wildman–Crippen MR) is 99.0 cm³/mol. The highest BCUT2D eigenvalue weighted by Crippen LogP contribution is 2.30. The number of hydrogen-bond acceptors (Lipinski definition) is 3. The summed E-state index contributed by atoms with van der Waals surface area (Å²) in [5, 5.41) is 0. The first kappa shape index (κ1) is 20.3. The Bertz CT molecular complexity index is 510. The maximum absolute atomic E-state index is 12.4. The van der Waals surface area contributed by atoms with Crippen molar-refractivity contribution < 1.29 is 14.3 Å². The van der Waals surface area contributed by atoms with Crippen LogP contribution in [0.25, 0.3) is 0 Å². The number of amides is 1. The first-order chi connectivity index (χ1) is 11.4. The summed E-state index contributed by atoms with van der Waals surface area (Å²) in [4.78, 5) is 14.2. The lowest BCUT2D eigenvalue weighted by atomic mass is 10.0. The van der Waals surface area contributed by atoms with Crippen molar-refractivity contribution in [3.8, 4) is 11.5 Å². The maximum Gasteiger partial charge on any atom is 0.253 e. The number of carbonyl (C=O) groups excluding carboxylic acids is 1. The molecule has 1 atom stereocenters. The number of nitrogens with zero attached hydrogens (tertiary/aromatic N) is 1. The van der Waals surface area contributed by atoms with Gasteiger partial charge in [-0.3, -0.25) is 4.79 Å². The smallest absolute Gasteiger partial charge is 0.253 e. The lowest BCUT2D eigenvalue weighted by Gasteiger charge is -2.21. The molecule has 0 aliphatic heterocycles. The Labute approximate surface area is 147 Å². The van der Waals surface area contributed by atoms with E-state index in [9.17, 15) is 4.79 Å². The molecular weight excluding hydrogens is 302 g/mol. The summed E-state index contributed by atoms with van der Waals surface area (Å²) >= 11 is 0. The Balaban J connectivity index is 2.78. The SMILES string of the molecule is CCN(CC)C(=O)c1ccc(OC(C)CCCC(C)C)c(OC)c1. The van der Waals surface area contributed by atoms with Crippen LogP contribution in [0.2, 0.25) is 0 Å². The number of carbonyl (C=O) groups is 1. The van der Waals surface area contributed by atoms with Gasteiger partial charge in [-0.1, -0.05) is 20.3 Å². The predicted octanol–water partition coefficient (Wildman–Crippen LogP) is 4.77. The van der Waals surface area contributed by atoms with Crippen LogP contribution in [0.1, 0.15) is 64.2 Å². The van der Waals surface area contributed by atoms with Crippen LogP contribution in [-0.4, -0.2) is 37.1 Å². The van der Waals surface area contributed by atoms with Crippen molar-refractivity contribution in [3.05, 3.63) is 23.8 Å². The van der Waals surface area contributed by atoms with Gasteiger partial charge in [0, 0.05) is 18.7 Å². The quantitative estimate of drug-likeness (QED) is 0.618. The monoisotopic (exact) mass is 335 g/mol. The summed E-state index contributed by atoms with van der Waals surface area (Å²) in [6.07, 6.45) is 3.51. The first-order valence-corrected chi connectivity index (χ1v) is 9.06. The largest absolute Gasteiger partial charge is 0.493 e. The van der Waals surface area contributed by atoms with Gasteiger partial charge in [0.1, 0.15) is 0 Å². The van der Waals surface area contributed by atoms with Crippen LogP contribution >= 0.6 is 0 Å². The molecule has 0 aliphatic rings. The third-order valence-corrected chi connectivity index (χ3v) is 4.18. The summed E-state index contributed by atoms with van der Waals surface area (Å²) < 4.78 is 11.4. The van der Waals surface area contributed by atoms with Crippen LogP contribution < -0.4 is 9.47 Å². The van der Waals surface area contributed by atoms with E-state index in [1.807, 2.05) is 26.0 Å². The van der Waals surface area contributed by atoms with Crippen LogP contribution in [0.5, 0.6) is 11.5 Å². The lowest BCUT2D eigenvalue weighted by Crippen LogP contribution is -2.30. The molecule has 1 aromatic carbocycles. The molecule has 0 heterocycles. The molecule has 24 heavy (non-hydrogen) atoms. The van der Waals surface area contributed by atoms with Gasteiger partial charge in [-0.15, -0.1) is 0 Å². The second-order valence-corrected chi connectivity index (χ2v) is 6.60. The second kappa shape index (κ2) is 10.2. The second-order valence-electron chi connectivity index (χ2n) is 6.60. The zero-order chi connectivity index (χ0) is 18.1. The van der Waals surface area contributed by atoms with Crippen LogP contribution in [0.15, 0.2) is 18.2 Å². The van der Waals surface area contributed by atoms with E-state index >= 15 is 0 Å². The Hall–Kier alpha value is -1.71. The standard InChI is InChI=1S/C20H33NO3/c1-7-21(8-2)20(22)17-12-13-18(19(14-17)23-6)24-16(5)11-9-10-15(3)4/h12-16H,7-11H2,1-6H3. The fourth-order valence-corrected chi connectivity index (χ4v) is 2.68. The molecule has 0 aliphatic carbocycles. The Morgan fingerprint density at radius 1 is 1.08 bits per heavy atom. The third kappa shape index (κ3) is 6.06. The first-order valence-electron chi connectivity index (χ1n) is 9.06. The van der Waals surface area contributed by atoms with Crippen molar-refractivity contribution in [2.24, 2.45) is 5.92 Å². The maximum atomic E-state index is 12.4. The van der Waals surface area contributed by atoms with Crippen LogP contribution in [0, 0.1) is 5.92 Å². The van der Waals surface area contributed by atoms with Crippen molar-refractivity contribution >= 4 is 5.91 Å². The highest BCUT2D eigenvalue weighted by molar-refractivity contribution is 5.94. The van der Waals surface area contributed by atoms with E-state index in [2.05, 4.69) is 20.8 Å². The molecule has 0 saturated heterocycles. The van der Waals surface area contributed by atoms with E-state index in [-0.39, 0.29) is 12.0 Å². The molecule has 1 amide bonds. The highest BCUT2D eigenvalue weighted by atomic mass is 16.5. The average Bonchev–Trinajstić information content (AvgIpc) is 2.55. The van der Waals surface area contributed by atoms with E-state index < -0.39 is 0 Å². The van der Waals surface area contributed by atoms with Crippen molar-refractivity contribution in [1.82, 2.24) is 4.90 Å². The molecule has 0 spiro atoms. The van der Waals surface area contributed by atoms with Crippen LogP contribution in [0.4, 0.5) is 0 Å². The zero-order valence-electron chi connectivity index (χ0n) is 16.1. The molecule has 0 bridgehead atoms. The van der Waals surface area contributed by atoms with Crippen molar-refractivity contribution in [2.75, 3.05) is 20.2 Å². The summed E-state index contributed by atoms with van der Waals surface area (Å²) in [5.41, 5.74) is 0.635. The van der Waals surface area contributed by atoms with Gasteiger partial charge in [0.2, 0.25) is 0 Å². The topological polar surface area (TPSA) is 38.8 Å². The van der Waals surface area contributed by atoms with E-state index in [0.29, 0.717) is 30.2 Å². The molecular formula is C20H33NO3. The number of rotatable bonds is 10.